The van der Waals surface area contributed by atoms with Crippen molar-refractivity contribution in [2.24, 2.45) is 0 Å². The Hall–Kier alpha value is -4.25. The van der Waals surface area contributed by atoms with Gasteiger partial charge in [-0.3, -0.25) is 4.90 Å². The number of carbonyl (C=O) groups is 1. The maximum absolute atomic E-state index is 12.8. The van der Waals surface area contributed by atoms with Crippen LogP contribution in [0.3, 0.4) is 0 Å². The van der Waals surface area contributed by atoms with Gasteiger partial charge in [-0.2, -0.15) is 0 Å². The minimum Gasteiger partial charge on any atom is -0.457 e. The summed E-state index contributed by atoms with van der Waals surface area (Å²) >= 11 is 0. The van der Waals surface area contributed by atoms with Gasteiger partial charge in [-0.05, 0) is 66.1 Å². The summed E-state index contributed by atoms with van der Waals surface area (Å²) in [6.07, 6.45) is 0.146. The van der Waals surface area contributed by atoms with E-state index in [4.69, 9.17) is 14.2 Å². The summed E-state index contributed by atoms with van der Waals surface area (Å²) in [6, 6.07) is 31.5. The molecule has 2 aliphatic heterocycles. The standard InChI is InChI=1S/C35H37N3O6/c39-23-24-9-11-25(12-10-24)33-20-32(22-38-18-17-29(40)21-38)43-34(44-33)26-5-4-6-28(19-26)37-35(41)36-27-13-15-31(16-14-27)42-30-7-2-1-3-8-30/h1-16,19,29,32-34,39-40H,17-18,20-23H2,(H2,36,37,41)/t29-,32-,33+,34+/m0/s1. The highest BCUT2D eigenvalue weighted by molar-refractivity contribution is 5.99. The van der Waals surface area contributed by atoms with Gasteiger partial charge in [-0.15, -0.1) is 0 Å². The number of amides is 2. The lowest BCUT2D eigenvalue weighted by Crippen LogP contribution is -2.38. The number of rotatable bonds is 9. The van der Waals surface area contributed by atoms with Crippen LogP contribution in [-0.2, 0) is 16.1 Å². The Morgan fingerprint density at radius 1 is 0.841 bits per heavy atom. The first kappa shape index (κ1) is 29.8. The van der Waals surface area contributed by atoms with E-state index in [0.29, 0.717) is 36.6 Å². The molecule has 6 rings (SSSR count). The van der Waals surface area contributed by atoms with Crippen molar-refractivity contribution in [2.75, 3.05) is 30.3 Å². The first-order valence-corrected chi connectivity index (χ1v) is 14.9. The second-order valence-electron chi connectivity index (χ2n) is 11.2. The number of likely N-dealkylation sites (tertiary alicyclic amines) is 1. The zero-order valence-electron chi connectivity index (χ0n) is 24.3. The number of aliphatic hydroxyl groups excluding tert-OH is 2. The van der Waals surface area contributed by atoms with Gasteiger partial charge in [0.2, 0.25) is 0 Å². The third kappa shape index (κ3) is 7.82. The van der Waals surface area contributed by atoms with Gasteiger partial charge in [-0.25, -0.2) is 4.79 Å². The van der Waals surface area contributed by atoms with E-state index in [1.165, 1.54) is 0 Å². The van der Waals surface area contributed by atoms with Crippen LogP contribution >= 0.6 is 0 Å². The minimum atomic E-state index is -0.647. The van der Waals surface area contributed by atoms with Gasteiger partial charge in [0.1, 0.15) is 11.5 Å². The van der Waals surface area contributed by atoms with Crippen molar-refractivity contribution in [2.45, 2.75) is 44.1 Å². The summed E-state index contributed by atoms with van der Waals surface area (Å²) in [5.74, 6) is 1.41. The Bertz CT molecular complexity index is 1520. The average Bonchev–Trinajstić information content (AvgIpc) is 3.46. The highest BCUT2D eigenvalue weighted by Gasteiger charge is 2.34. The van der Waals surface area contributed by atoms with Crippen molar-refractivity contribution in [1.29, 1.82) is 0 Å². The smallest absolute Gasteiger partial charge is 0.323 e. The van der Waals surface area contributed by atoms with Crippen molar-refractivity contribution in [3.63, 3.8) is 0 Å². The maximum atomic E-state index is 12.8. The summed E-state index contributed by atoms with van der Waals surface area (Å²) in [6.45, 7) is 2.15. The molecular formula is C35H37N3O6. The van der Waals surface area contributed by atoms with Gasteiger partial charge in [0.25, 0.3) is 0 Å². The van der Waals surface area contributed by atoms with Crippen molar-refractivity contribution in [1.82, 2.24) is 4.90 Å². The number of nitrogens with one attached hydrogen (secondary N) is 2. The number of hydrogen-bond donors (Lipinski definition) is 4. The number of aliphatic hydroxyl groups is 2. The molecule has 228 valence electrons. The van der Waals surface area contributed by atoms with Crippen LogP contribution in [0.15, 0.2) is 103 Å². The average molecular weight is 596 g/mol. The summed E-state index contributed by atoms with van der Waals surface area (Å²) in [7, 11) is 0. The van der Waals surface area contributed by atoms with E-state index in [1.54, 1.807) is 24.3 Å². The molecule has 0 radical (unpaired) electrons. The highest BCUT2D eigenvalue weighted by atomic mass is 16.7. The number of carbonyl (C=O) groups excluding carboxylic acids is 1. The summed E-state index contributed by atoms with van der Waals surface area (Å²) in [4.78, 5) is 15.1. The van der Waals surface area contributed by atoms with E-state index < -0.39 is 6.29 Å². The summed E-state index contributed by atoms with van der Waals surface area (Å²) in [5, 5.41) is 25.3. The van der Waals surface area contributed by atoms with Crippen LogP contribution in [0.25, 0.3) is 0 Å². The summed E-state index contributed by atoms with van der Waals surface area (Å²) < 4.78 is 18.7. The van der Waals surface area contributed by atoms with Gasteiger partial charge in [-0.1, -0.05) is 54.6 Å². The number of β-amino-alcohol motifs (C(OH)–C–C–N with tert-alkyl or cyclic N) is 1. The topological polar surface area (TPSA) is 113 Å². The Morgan fingerprint density at radius 3 is 2.32 bits per heavy atom. The molecule has 2 amide bonds. The second kappa shape index (κ2) is 14.0. The first-order valence-electron chi connectivity index (χ1n) is 14.9. The normalized spacial score (nSPS) is 22.0. The number of hydrogen-bond acceptors (Lipinski definition) is 7. The van der Waals surface area contributed by atoms with Gasteiger partial charge in [0, 0.05) is 43.0 Å². The molecular weight excluding hydrogens is 558 g/mol. The van der Waals surface area contributed by atoms with Crippen LogP contribution < -0.4 is 15.4 Å². The van der Waals surface area contributed by atoms with Crippen LogP contribution in [-0.4, -0.2) is 53.0 Å². The Morgan fingerprint density at radius 2 is 1.59 bits per heavy atom. The van der Waals surface area contributed by atoms with Crippen LogP contribution in [0.4, 0.5) is 16.2 Å². The highest BCUT2D eigenvalue weighted by Crippen LogP contribution is 2.39. The number of ether oxygens (including phenoxy) is 3. The zero-order chi connectivity index (χ0) is 30.3. The molecule has 2 fully saturated rings. The fourth-order valence-corrected chi connectivity index (χ4v) is 5.59. The van der Waals surface area contributed by atoms with E-state index in [9.17, 15) is 15.0 Å². The molecule has 4 N–H and O–H groups in total. The quantitative estimate of drug-likeness (QED) is 0.182. The van der Waals surface area contributed by atoms with E-state index in [2.05, 4.69) is 15.5 Å². The first-order chi connectivity index (χ1) is 21.5. The van der Waals surface area contributed by atoms with Crippen LogP contribution in [0.1, 0.15) is 41.9 Å². The molecule has 2 saturated heterocycles. The Balaban J connectivity index is 1.11. The van der Waals surface area contributed by atoms with Crippen LogP contribution in [0.5, 0.6) is 11.5 Å². The molecule has 9 nitrogen and oxygen atoms in total. The number of benzene rings is 4. The summed E-state index contributed by atoms with van der Waals surface area (Å²) in [5.41, 5.74) is 3.87. The molecule has 4 aromatic rings. The van der Waals surface area contributed by atoms with Crippen molar-refractivity contribution in [3.8, 4) is 11.5 Å². The molecule has 0 aliphatic carbocycles. The predicted molar refractivity (Wildman–Crippen MR) is 168 cm³/mol. The molecule has 44 heavy (non-hydrogen) atoms. The van der Waals surface area contributed by atoms with E-state index in [1.807, 2.05) is 78.9 Å². The molecule has 2 heterocycles. The lowest BCUT2D eigenvalue weighted by Gasteiger charge is -2.38. The SMILES string of the molecule is O=C(Nc1ccc(Oc2ccccc2)cc1)Nc1cccc([C@@H]2O[C@H](CN3CC[C@H](O)C3)C[C@H](c3ccc(CO)cc3)O2)c1. The molecule has 0 unspecified atom stereocenters. The maximum Gasteiger partial charge on any atom is 0.323 e. The predicted octanol–water partition coefficient (Wildman–Crippen LogP) is 6.23. The van der Waals surface area contributed by atoms with E-state index in [0.717, 1.165) is 35.4 Å². The second-order valence-corrected chi connectivity index (χ2v) is 11.2. The monoisotopic (exact) mass is 595 g/mol. The minimum absolute atomic E-state index is 0.0151. The zero-order valence-corrected chi connectivity index (χ0v) is 24.3. The van der Waals surface area contributed by atoms with Gasteiger partial charge in [0.05, 0.1) is 24.9 Å². The molecule has 0 saturated carbocycles. The lowest BCUT2D eigenvalue weighted by molar-refractivity contribution is -0.252. The fraction of sp³-hybridized carbons (Fsp3) is 0.286. The number of anilines is 2. The molecule has 4 atom stereocenters. The van der Waals surface area contributed by atoms with Gasteiger partial charge < -0.3 is 35.1 Å². The van der Waals surface area contributed by atoms with Crippen molar-refractivity contribution in [3.05, 3.63) is 120 Å². The third-order valence-electron chi connectivity index (χ3n) is 7.83. The van der Waals surface area contributed by atoms with Gasteiger partial charge in [0.15, 0.2) is 6.29 Å². The fourth-order valence-electron chi connectivity index (χ4n) is 5.59. The molecule has 4 aromatic carbocycles. The van der Waals surface area contributed by atoms with E-state index >= 15 is 0 Å². The molecule has 2 aliphatic rings. The van der Waals surface area contributed by atoms with Crippen LogP contribution in [0, 0.1) is 0 Å². The Kier molecular flexibility index (Phi) is 9.50. The molecule has 9 heteroatoms. The lowest BCUT2D eigenvalue weighted by atomic mass is 9.99. The van der Waals surface area contributed by atoms with Gasteiger partial charge >= 0.3 is 6.03 Å². The number of nitrogens with zero attached hydrogens (tertiary/aromatic N) is 1. The van der Waals surface area contributed by atoms with Crippen LogP contribution in [0.2, 0.25) is 0 Å². The van der Waals surface area contributed by atoms with Crippen molar-refractivity contribution < 1.29 is 29.2 Å². The largest absolute Gasteiger partial charge is 0.457 e. The number of para-hydroxylation sites is 1. The van der Waals surface area contributed by atoms with Crippen molar-refractivity contribution >= 4 is 17.4 Å². The molecule has 0 aromatic heterocycles. The number of urea groups is 1. The molecule has 0 bridgehead atoms. The third-order valence-corrected chi connectivity index (χ3v) is 7.83. The molecule has 0 spiro atoms. The van der Waals surface area contributed by atoms with E-state index in [-0.39, 0.29) is 30.9 Å². The Labute approximate surface area is 257 Å².